The van der Waals surface area contributed by atoms with Gasteiger partial charge in [0, 0.05) is 17.8 Å². The SMILES string of the molecule is COc1ccc(OC)c(S(=O)(=O)Nc2ccc3cc[nH]c3c2)c1. The number of aromatic amines is 1. The molecular formula is C16H16N2O4S. The Hall–Kier alpha value is -2.67. The summed E-state index contributed by atoms with van der Waals surface area (Å²) in [7, 11) is -0.910. The maximum absolute atomic E-state index is 12.7. The van der Waals surface area contributed by atoms with Crippen LogP contribution in [0.2, 0.25) is 0 Å². The smallest absolute Gasteiger partial charge is 0.265 e. The Morgan fingerprint density at radius 3 is 2.57 bits per heavy atom. The summed E-state index contributed by atoms with van der Waals surface area (Å²) in [6.45, 7) is 0. The third-order valence-corrected chi connectivity index (χ3v) is 4.87. The largest absolute Gasteiger partial charge is 0.497 e. The van der Waals surface area contributed by atoms with E-state index in [9.17, 15) is 8.42 Å². The van der Waals surface area contributed by atoms with Crippen LogP contribution in [-0.4, -0.2) is 27.6 Å². The Balaban J connectivity index is 2.00. The van der Waals surface area contributed by atoms with Crippen LogP contribution in [0.15, 0.2) is 53.6 Å². The van der Waals surface area contributed by atoms with E-state index < -0.39 is 10.0 Å². The van der Waals surface area contributed by atoms with Gasteiger partial charge in [-0.2, -0.15) is 0 Å². The summed E-state index contributed by atoms with van der Waals surface area (Å²) in [4.78, 5) is 3.07. The standard InChI is InChI=1S/C16H16N2O4S/c1-21-13-5-6-15(22-2)16(10-13)23(19,20)18-12-4-3-11-7-8-17-14(11)9-12/h3-10,17-18H,1-2H3. The van der Waals surface area contributed by atoms with Crippen molar-refractivity contribution < 1.29 is 17.9 Å². The third kappa shape index (κ3) is 2.95. The minimum absolute atomic E-state index is 0.0194. The first kappa shape index (κ1) is 15.2. The van der Waals surface area contributed by atoms with Gasteiger partial charge in [0.25, 0.3) is 10.0 Å². The molecule has 0 radical (unpaired) electrons. The minimum atomic E-state index is -3.81. The molecule has 0 saturated carbocycles. The van der Waals surface area contributed by atoms with Crippen LogP contribution < -0.4 is 14.2 Å². The number of rotatable bonds is 5. The highest BCUT2D eigenvalue weighted by molar-refractivity contribution is 7.92. The van der Waals surface area contributed by atoms with Crippen molar-refractivity contribution in [2.24, 2.45) is 0 Å². The van der Waals surface area contributed by atoms with Gasteiger partial charge >= 0.3 is 0 Å². The molecule has 2 aromatic carbocycles. The molecule has 0 aliphatic heterocycles. The van der Waals surface area contributed by atoms with Crippen LogP contribution >= 0.6 is 0 Å². The van der Waals surface area contributed by atoms with E-state index in [1.54, 1.807) is 30.5 Å². The number of aromatic nitrogens is 1. The first-order valence-corrected chi connectivity index (χ1v) is 8.34. The molecule has 7 heteroatoms. The van der Waals surface area contributed by atoms with Gasteiger partial charge in [-0.15, -0.1) is 0 Å². The molecule has 3 rings (SSSR count). The number of hydrogen-bond donors (Lipinski definition) is 2. The Labute approximate surface area is 134 Å². The number of H-pyrrole nitrogens is 1. The van der Waals surface area contributed by atoms with E-state index in [1.807, 2.05) is 12.1 Å². The Morgan fingerprint density at radius 1 is 1.00 bits per heavy atom. The number of hydrogen-bond acceptors (Lipinski definition) is 4. The van der Waals surface area contributed by atoms with Crippen molar-refractivity contribution in [2.45, 2.75) is 4.90 Å². The van der Waals surface area contributed by atoms with E-state index in [0.717, 1.165) is 10.9 Å². The predicted octanol–water partition coefficient (Wildman–Crippen LogP) is 2.99. The lowest BCUT2D eigenvalue weighted by Crippen LogP contribution is -2.14. The zero-order valence-electron chi connectivity index (χ0n) is 12.7. The molecule has 120 valence electrons. The summed E-state index contributed by atoms with van der Waals surface area (Å²) in [5, 5.41) is 1.01. The lowest BCUT2D eigenvalue weighted by atomic mass is 10.2. The van der Waals surface area contributed by atoms with E-state index in [4.69, 9.17) is 9.47 Å². The fourth-order valence-electron chi connectivity index (χ4n) is 2.32. The van der Waals surface area contributed by atoms with Crippen molar-refractivity contribution in [3.8, 4) is 11.5 Å². The van der Waals surface area contributed by atoms with Gasteiger partial charge in [0.15, 0.2) is 0 Å². The molecule has 2 N–H and O–H groups in total. The highest BCUT2D eigenvalue weighted by atomic mass is 32.2. The van der Waals surface area contributed by atoms with Crippen LogP contribution in [0, 0.1) is 0 Å². The van der Waals surface area contributed by atoms with Crippen LogP contribution in [0.1, 0.15) is 0 Å². The van der Waals surface area contributed by atoms with Crippen LogP contribution in [0.5, 0.6) is 11.5 Å². The van der Waals surface area contributed by atoms with Gasteiger partial charge in [-0.1, -0.05) is 6.07 Å². The van der Waals surface area contributed by atoms with Crippen molar-refractivity contribution in [1.82, 2.24) is 4.98 Å². The molecule has 3 aromatic rings. The minimum Gasteiger partial charge on any atom is -0.497 e. The monoisotopic (exact) mass is 332 g/mol. The van der Waals surface area contributed by atoms with Gasteiger partial charge in [-0.25, -0.2) is 8.42 Å². The van der Waals surface area contributed by atoms with Crippen molar-refractivity contribution in [2.75, 3.05) is 18.9 Å². The summed E-state index contributed by atoms with van der Waals surface area (Å²) >= 11 is 0. The summed E-state index contributed by atoms with van der Waals surface area (Å²) in [6, 6.07) is 11.8. The quantitative estimate of drug-likeness (QED) is 0.753. The van der Waals surface area contributed by atoms with Gasteiger partial charge in [0.1, 0.15) is 16.4 Å². The van der Waals surface area contributed by atoms with Crippen molar-refractivity contribution in [1.29, 1.82) is 0 Å². The first-order valence-electron chi connectivity index (χ1n) is 6.85. The predicted molar refractivity (Wildman–Crippen MR) is 88.7 cm³/mol. The van der Waals surface area contributed by atoms with Crippen molar-refractivity contribution >= 4 is 26.6 Å². The van der Waals surface area contributed by atoms with E-state index in [1.165, 1.54) is 20.3 Å². The van der Waals surface area contributed by atoms with Crippen LogP contribution in [0.4, 0.5) is 5.69 Å². The van der Waals surface area contributed by atoms with Crippen LogP contribution in [0.3, 0.4) is 0 Å². The molecule has 0 aliphatic carbocycles. The number of methoxy groups -OCH3 is 2. The zero-order chi connectivity index (χ0) is 16.4. The van der Waals surface area contributed by atoms with E-state index in [2.05, 4.69) is 9.71 Å². The topological polar surface area (TPSA) is 80.4 Å². The Bertz CT molecular complexity index is 948. The van der Waals surface area contributed by atoms with Gasteiger partial charge in [0.2, 0.25) is 0 Å². The highest BCUT2D eigenvalue weighted by Gasteiger charge is 2.21. The van der Waals surface area contributed by atoms with E-state index >= 15 is 0 Å². The number of anilines is 1. The highest BCUT2D eigenvalue weighted by Crippen LogP contribution is 2.30. The molecule has 0 atom stereocenters. The second kappa shape index (κ2) is 5.85. The Kier molecular flexibility index (Phi) is 3.87. The zero-order valence-corrected chi connectivity index (χ0v) is 13.5. The first-order chi connectivity index (χ1) is 11.0. The van der Waals surface area contributed by atoms with Gasteiger partial charge < -0.3 is 14.5 Å². The second-order valence-corrected chi connectivity index (χ2v) is 6.55. The molecule has 0 fully saturated rings. The fraction of sp³-hybridized carbons (Fsp3) is 0.125. The Morgan fingerprint density at radius 2 is 1.83 bits per heavy atom. The lowest BCUT2D eigenvalue weighted by Gasteiger charge is -2.13. The molecule has 1 aromatic heterocycles. The van der Waals surface area contributed by atoms with Crippen molar-refractivity contribution in [3.63, 3.8) is 0 Å². The molecule has 23 heavy (non-hydrogen) atoms. The summed E-state index contributed by atoms with van der Waals surface area (Å²) < 4.78 is 38.1. The molecule has 0 amide bonds. The van der Waals surface area contributed by atoms with Gasteiger partial charge in [0.05, 0.1) is 19.9 Å². The average molecular weight is 332 g/mol. The number of sulfonamides is 1. The molecule has 0 spiro atoms. The third-order valence-electron chi connectivity index (χ3n) is 3.47. The summed E-state index contributed by atoms with van der Waals surface area (Å²) in [5.74, 6) is 0.685. The maximum atomic E-state index is 12.7. The van der Waals surface area contributed by atoms with Gasteiger partial charge in [-0.05, 0) is 35.7 Å². The molecule has 0 aliphatic rings. The normalized spacial score (nSPS) is 11.4. The summed E-state index contributed by atoms with van der Waals surface area (Å²) in [5.41, 5.74) is 1.31. The second-order valence-electron chi connectivity index (χ2n) is 4.90. The number of fused-ring (bicyclic) bond motifs is 1. The van der Waals surface area contributed by atoms with Gasteiger partial charge in [-0.3, -0.25) is 4.72 Å². The number of nitrogens with one attached hydrogen (secondary N) is 2. The molecule has 0 saturated heterocycles. The molecule has 1 heterocycles. The lowest BCUT2D eigenvalue weighted by molar-refractivity contribution is 0.392. The average Bonchev–Trinajstić information content (AvgIpc) is 3.01. The molecule has 6 nitrogen and oxygen atoms in total. The fourth-order valence-corrected chi connectivity index (χ4v) is 3.55. The molecule has 0 bridgehead atoms. The van der Waals surface area contributed by atoms with Crippen molar-refractivity contribution in [3.05, 3.63) is 48.7 Å². The maximum Gasteiger partial charge on any atom is 0.265 e. The number of ether oxygens (including phenoxy) is 2. The number of benzene rings is 2. The van der Waals surface area contributed by atoms with E-state index in [0.29, 0.717) is 11.4 Å². The summed E-state index contributed by atoms with van der Waals surface area (Å²) in [6.07, 6.45) is 1.80. The van der Waals surface area contributed by atoms with Crippen LogP contribution in [0.25, 0.3) is 10.9 Å². The van der Waals surface area contributed by atoms with E-state index in [-0.39, 0.29) is 10.6 Å². The van der Waals surface area contributed by atoms with Crippen LogP contribution in [-0.2, 0) is 10.0 Å². The molecule has 0 unspecified atom stereocenters. The molecular weight excluding hydrogens is 316 g/mol.